The first-order chi connectivity index (χ1) is 11.6. The minimum Gasteiger partial charge on any atom is -0.469 e. The molecular weight excluding hydrogens is 330 g/mol. The van der Waals surface area contributed by atoms with Gasteiger partial charge < -0.3 is 10.1 Å². The van der Waals surface area contributed by atoms with Crippen molar-refractivity contribution < 1.29 is 14.3 Å². The second-order valence-corrected chi connectivity index (χ2v) is 6.22. The third-order valence-electron chi connectivity index (χ3n) is 4.03. The summed E-state index contributed by atoms with van der Waals surface area (Å²) in [6.45, 7) is 0. The molecule has 0 aliphatic heterocycles. The predicted octanol–water partition coefficient (Wildman–Crippen LogP) is 2.97. The number of aromatic amines is 1. The van der Waals surface area contributed by atoms with E-state index < -0.39 is 12.0 Å². The minimum atomic E-state index is -0.584. The molecule has 126 valence electrons. The maximum absolute atomic E-state index is 12.5. The summed E-state index contributed by atoms with van der Waals surface area (Å²) in [7, 11) is 1.31. The van der Waals surface area contributed by atoms with Gasteiger partial charge in [0.05, 0.1) is 19.6 Å². The molecule has 1 aliphatic rings. The highest BCUT2D eigenvalue weighted by atomic mass is 35.5. The molecule has 1 aromatic heterocycles. The molecule has 1 atom stereocenters. The molecule has 1 heterocycles. The van der Waals surface area contributed by atoms with Crippen molar-refractivity contribution in [2.24, 2.45) is 0 Å². The Labute approximate surface area is 144 Å². The van der Waals surface area contributed by atoms with E-state index in [-0.39, 0.29) is 12.3 Å². The van der Waals surface area contributed by atoms with Crippen LogP contribution in [0.25, 0.3) is 0 Å². The molecule has 1 saturated carbocycles. The molecular formula is C17H18ClN3O3. The summed E-state index contributed by atoms with van der Waals surface area (Å²) >= 11 is 6.20. The smallest absolute Gasteiger partial charge is 0.307 e. The van der Waals surface area contributed by atoms with Crippen molar-refractivity contribution in [1.29, 1.82) is 0 Å². The number of esters is 1. The molecule has 2 aromatic rings. The molecule has 24 heavy (non-hydrogen) atoms. The SMILES string of the molecule is COC(=O)C[C@H](NC(=O)c1cc(C2CC2)[nH]n1)c1ccccc1Cl. The van der Waals surface area contributed by atoms with Gasteiger partial charge in [-0.25, -0.2) is 0 Å². The van der Waals surface area contributed by atoms with Crippen LogP contribution in [0.2, 0.25) is 5.02 Å². The number of nitrogens with one attached hydrogen (secondary N) is 2. The number of nitrogens with zero attached hydrogens (tertiary/aromatic N) is 1. The lowest BCUT2D eigenvalue weighted by molar-refractivity contribution is -0.141. The van der Waals surface area contributed by atoms with Gasteiger partial charge >= 0.3 is 5.97 Å². The molecule has 0 radical (unpaired) electrons. The standard InChI is InChI=1S/C17H18ClN3O3/c1-24-16(22)9-14(11-4-2-3-5-12(11)18)19-17(23)15-8-13(20-21-15)10-6-7-10/h2-5,8,10,14H,6-7,9H2,1H3,(H,19,23)(H,20,21)/t14-/m0/s1. The number of H-pyrrole nitrogens is 1. The molecule has 0 bridgehead atoms. The molecule has 2 N–H and O–H groups in total. The lowest BCUT2D eigenvalue weighted by Crippen LogP contribution is -2.31. The van der Waals surface area contributed by atoms with E-state index in [1.165, 1.54) is 7.11 Å². The van der Waals surface area contributed by atoms with Crippen molar-refractivity contribution in [3.8, 4) is 0 Å². The van der Waals surface area contributed by atoms with Gasteiger partial charge in [0.15, 0.2) is 0 Å². The average Bonchev–Trinajstić information content (AvgIpc) is 3.31. The van der Waals surface area contributed by atoms with Crippen LogP contribution in [0.4, 0.5) is 0 Å². The van der Waals surface area contributed by atoms with Crippen LogP contribution >= 0.6 is 11.6 Å². The fourth-order valence-corrected chi connectivity index (χ4v) is 2.80. The van der Waals surface area contributed by atoms with Gasteiger partial charge in [0.25, 0.3) is 5.91 Å². The average molecular weight is 348 g/mol. The van der Waals surface area contributed by atoms with Gasteiger partial charge in [-0.15, -0.1) is 0 Å². The number of methoxy groups -OCH3 is 1. The molecule has 6 nitrogen and oxygen atoms in total. The van der Waals surface area contributed by atoms with Crippen molar-refractivity contribution in [2.75, 3.05) is 7.11 Å². The van der Waals surface area contributed by atoms with Crippen LogP contribution < -0.4 is 5.32 Å². The van der Waals surface area contributed by atoms with E-state index >= 15 is 0 Å². The van der Waals surface area contributed by atoms with E-state index in [1.807, 2.05) is 0 Å². The Balaban J connectivity index is 1.78. The van der Waals surface area contributed by atoms with Crippen LogP contribution in [0.3, 0.4) is 0 Å². The first-order valence-corrected chi connectivity index (χ1v) is 8.13. The Morgan fingerprint density at radius 3 is 2.83 bits per heavy atom. The summed E-state index contributed by atoms with van der Waals surface area (Å²) in [6, 6.07) is 8.26. The van der Waals surface area contributed by atoms with Gasteiger partial charge in [0.2, 0.25) is 0 Å². The van der Waals surface area contributed by atoms with Crippen LogP contribution in [0, 0.1) is 0 Å². The van der Waals surface area contributed by atoms with Crippen LogP contribution in [0.5, 0.6) is 0 Å². The van der Waals surface area contributed by atoms with Crippen molar-refractivity contribution in [3.63, 3.8) is 0 Å². The summed E-state index contributed by atoms with van der Waals surface area (Å²) < 4.78 is 4.72. The number of rotatable bonds is 6. The second kappa shape index (κ2) is 7.05. The van der Waals surface area contributed by atoms with E-state index in [4.69, 9.17) is 16.3 Å². The van der Waals surface area contributed by atoms with E-state index in [1.54, 1.807) is 30.3 Å². The Morgan fingerprint density at radius 2 is 2.17 bits per heavy atom. The van der Waals surface area contributed by atoms with Gasteiger partial charge in [-0.1, -0.05) is 29.8 Å². The monoisotopic (exact) mass is 347 g/mol. The van der Waals surface area contributed by atoms with Gasteiger partial charge in [-0.3, -0.25) is 14.7 Å². The third kappa shape index (κ3) is 3.76. The van der Waals surface area contributed by atoms with Crippen molar-refractivity contribution >= 4 is 23.5 Å². The maximum Gasteiger partial charge on any atom is 0.307 e. The molecule has 1 fully saturated rings. The lowest BCUT2D eigenvalue weighted by Gasteiger charge is -2.18. The highest BCUT2D eigenvalue weighted by Crippen LogP contribution is 2.39. The van der Waals surface area contributed by atoms with Crippen molar-refractivity contribution in [1.82, 2.24) is 15.5 Å². The molecule has 0 saturated heterocycles. The first kappa shape index (κ1) is 16.5. The van der Waals surface area contributed by atoms with Gasteiger partial charge in [-0.2, -0.15) is 5.10 Å². The Hall–Kier alpha value is -2.34. The number of aromatic nitrogens is 2. The summed E-state index contributed by atoms with van der Waals surface area (Å²) in [6.07, 6.45) is 2.23. The van der Waals surface area contributed by atoms with Crippen LogP contribution in [0.15, 0.2) is 30.3 Å². The number of halogens is 1. The zero-order valence-electron chi connectivity index (χ0n) is 13.2. The fraction of sp³-hybridized carbons (Fsp3) is 0.353. The number of hydrogen-bond donors (Lipinski definition) is 2. The minimum absolute atomic E-state index is 0.00806. The highest BCUT2D eigenvalue weighted by Gasteiger charge is 2.27. The van der Waals surface area contributed by atoms with E-state index in [2.05, 4.69) is 15.5 Å². The summed E-state index contributed by atoms with van der Waals surface area (Å²) in [5.41, 5.74) is 1.94. The zero-order valence-corrected chi connectivity index (χ0v) is 14.0. The van der Waals surface area contributed by atoms with Crippen molar-refractivity contribution in [2.45, 2.75) is 31.2 Å². The van der Waals surface area contributed by atoms with Crippen LogP contribution in [-0.2, 0) is 9.53 Å². The number of carbonyl (C=O) groups is 2. The lowest BCUT2D eigenvalue weighted by atomic mass is 10.0. The second-order valence-electron chi connectivity index (χ2n) is 5.81. The summed E-state index contributed by atoms with van der Waals surface area (Å²) in [5, 5.41) is 10.3. The molecule has 0 unspecified atom stereocenters. The van der Waals surface area contributed by atoms with E-state index in [0.29, 0.717) is 22.2 Å². The number of hydrogen-bond acceptors (Lipinski definition) is 4. The number of ether oxygens (including phenoxy) is 1. The van der Waals surface area contributed by atoms with Crippen LogP contribution in [0.1, 0.15) is 53.0 Å². The Bertz CT molecular complexity index is 755. The van der Waals surface area contributed by atoms with Gasteiger partial charge in [0, 0.05) is 16.6 Å². The maximum atomic E-state index is 12.5. The molecule has 1 aliphatic carbocycles. The third-order valence-corrected chi connectivity index (χ3v) is 4.38. The summed E-state index contributed by atoms with van der Waals surface area (Å²) in [5.74, 6) is -0.304. The largest absolute Gasteiger partial charge is 0.469 e. The molecule has 1 aromatic carbocycles. The van der Waals surface area contributed by atoms with E-state index in [9.17, 15) is 9.59 Å². The molecule has 1 amide bonds. The Kier molecular flexibility index (Phi) is 4.85. The molecule has 7 heteroatoms. The van der Waals surface area contributed by atoms with Crippen LogP contribution in [-0.4, -0.2) is 29.2 Å². The topological polar surface area (TPSA) is 84.1 Å². The summed E-state index contributed by atoms with van der Waals surface area (Å²) in [4.78, 5) is 24.2. The number of benzene rings is 1. The zero-order chi connectivity index (χ0) is 17.1. The predicted molar refractivity (Wildman–Crippen MR) is 88.9 cm³/mol. The number of amides is 1. The highest BCUT2D eigenvalue weighted by molar-refractivity contribution is 6.31. The van der Waals surface area contributed by atoms with E-state index in [0.717, 1.165) is 18.5 Å². The van der Waals surface area contributed by atoms with Gasteiger partial charge in [-0.05, 0) is 30.5 Å². The number of carbonyl (C=O) groups excluding carboxylic acids is 2. The van der Waals surface area contributed by atoms with Crippen molar-refractivity contribution in [3.05, 3.63) is 52.3 Å². The normalized spacial score (nSPS) is 14.9. The first-order valence-electron chi connectivity index (χ1n) is 7.76. The Morgan fingerprint density at radius 1 is 1.42 bits per heavy atom. The quantitative estimate of drug-likeness (QED) is 0.787. The fourth-order valence-electron chi connectivity index (χ4n) is 2.54. The van der Waals surface area contributed by atoms with Gasteiger partial charge in [0.1, 0.15) is 5.69 Å². The molecule has 0 spiro atoms. The molecule has 3 rings (SSSR count).